The Balaban J connectivity index is 2.52. The third-order valence-corrected chi connectivity index (χ3v) is 2.36. The summed E-state index contributed by atoms with van der Waals surface area (Å²) >= 11 is 5.78. The molecule has 1 aromatic carbocycles. The number of ether oxygens (including phenoxy) is 1. The summed E-state index contributed by atoms with van der Waals surface area (Å²) in [7, 11) is 1.24. The second-order valence-corrected chi connectivity index (χ2v) is 3.96. The van der Waals surface area contributed by atoms with Crippen molar-refractivity contribution in [3.63, 3.8) is 0 Å². The average molecular weight is 285 g/mol. The summed E-state index contributed by atoms with van der Waals surface area (Å²) in [5.74, 6) is -1.15. The number of hydrogen-bond acceptors (Lipinski definition) is 5. The van der Waals surface area contributed by atoms with Crippen molar-refractivity contribution in [2.24, 2.45) is 10.9 Å². The quantitative estimate of drug-likeness (QED) is 0.290. The zero-order valence-corrected chi connectivity index (χ0v) is 11.0. The zero-order chi connectivity index (χ0) is 14.3. The highest BCUT2D eigenvalue weighted by Gasteiger charge is 2.08. The lowest BCUT2D eigenvalue weighted by Crippen LogP contribution is -2.15. The molecule has 102 valence electrons. The van der Waals surface area contributed by atoms with E-state index in [1.54, 1.807) is 24.3 Å². The van der Waals surface area contributed by atoms with E-state index in [1.165, 1.54) is 7.11 Å². The Labute approximate surface area is 115 Å². The molecule has 0 bridgehead atoms. The number of nitrogens with zero attached hydrogens (tertiary/aromatic N) is 1. The van der Waals surface area contributed by atoms with Gasteiger partial charge in [0, 0.05) is 10.6 Å². The molecule has 6 nitrogen and oxygen atoms in total. The summed E-state index contributed by atoms with van der Waals surface area (Å²) in [5, 5.41) is 3.97. The first-order valence-electron chi connectivity index (χ1n) is 5.39. The van der Waals surface area contributed by atoms with E-state index in [2.05, 4.69) is 14.7 Å². The molecule has 0 aromatic heterocycles. The number of oxime groups is 1. The molecule has 0 aliphatic rings. The Hall–Kier alpha value is -2.08. The molecule has 0 spiro atoms. The van der Waals surface area contributed by atoms with E-state index < -0.39 is 11.9 Å². The second kappa shape index (κ2) is 7.38. The van der Waals surface area contributed by atoms with Gasteiger partial charge in [-0.3, -0.25) is 4.79 Å². The van der Waals surface area contributed by atoms with E-state index in [1.807, 2.05) is 0 Å². The van der Waals surface area contributed by atoms with Crippen molar-refractivity contribution < 1.29 is 19.2 Å². The summed E-state index contributed by atoms with van der Waals surface area (Å²) < 4.78 is 4.39. The fraction of sp³-hybridized carbons (Fsp3) is 0.250. The predicted octanol–water partition coefficient (Wildman–Crippen LogP) is 1.46. The lowest BCUT2D eigenvalue weighted by Gasteiger charge is -2.01. The van der Waals surface area contributed by atoms with Gasteiger partial charge >= 0.3 is 11.9 Å². The molecule has 0 heterocycles. The summed E-state index contributed by atoms with van der Waals surface area (Å²) in [5.41, 5.74) is 6.15. The molecule has 0 unspecified atom stereocenters. The maximum atomic E-state index is 11.2. The van der Waals surface area contributed by atoms with Crippen molar-refractivity contribution in [3.05, 3.63) is 34.9 Å². The lowest BCUT2D eigenvalue weighted by atomic mass is 10.2. The maximum absolute atomic E-state index is 11.2. The van der Waals surface area contributed by atoms with Crippen molar-refractivity contribution in [2.45, 2.75) is 12.8 Å². The second-order valence-electron chi connectivity index (χ2n) is 3.53. The molecular formula is C12H13ClN2O4. The van der Waals surface area contributed by atoms with Crippen LogP contribution in [-0.2, 0) is 19.2 Å². The van der Waals surface area contributed by atoms with Gasteiger partial charge in [-0.05, 0) is 12.1 Å². The first-order chi connectivity index (χ1) is 9.02. The fourth-order valence-electron chi connectivity index (χ4n) is 1.15. The molecule has 0 amide bonds. The van der Waals surface area contributed by atoms with Crippen molar-refractivity contribution in [1.29, 1.82) is 0 Å². The highest BCUT2D eigenvalue weighted by Crippen LogP contribution is 2.10. The predicted molar refractivity (Wildman–Crippen MR) is 69.5 cm³/mol. The number of carbonyl (C=O) groups is 2. The number of hydrogen-bond donors (Lipinski definition) is 1. The first kappa shape index (κ1) is 15.0. The number of benzene rings is 1. The molecule has 0 radical (unpaired) electrons. The molecular weight excluding hydrogens is 272 g/mol. The van der Waals surface area contributed by atoms with Gasteiger partial charge in [-0.2, -0.15) is 0 Å². The number of carbonyl (C=O) groups excluding carboxylic acids is 2. The SMILES string of the molecule is COC(=O)CCC(=O)O/N=C(\N)c1cccc(Cl)c1. The third-order valence-electron chi connectivity index (χ3n) is 2.13. The Morgan fingerprint density at radius 2 is 2.00 bits per heavy atom. The molecule has 0 aliphatic heterocycles. The number of amidine groups is 1. The van der Waals surface area contributed by atoms with Crippen LogP contribution in [0.2, 0.25) is 5.02 Å². The van der Waals surface area contributed by atoms with Crippen LogP contribution in [0, 0.1) is 0 Å². The summed E-state index contributed by atoms with van der Waals surface area (Å²) in [4.78, 5) is 26.6. The highest BCUT2D eigenvalue weighted by atomic mass is 35.5. The van der Waals surface area contributed by atoms with Crippen LogP contribution in [0.3, 0.4) is 0 Å². The largest absolute Gasteiger partial charge is 0.469 e. The molecule has 0 fully saturated rings. The fourth-order valence-corrected chi connectivity index (χ4v) is 1.34. The van der Waals surface area contributed by atoms with Gasteiger partial charge in [-0.1, -0.05) is 28.9 Å². The van der Waals surface area contributed by atoms with Crippen LogP contribution >= 0.6 is 11.6 Å². The summed E-state index contributed by atoms with van der Waals surface area (Å²) in [6, 6.07) is 6.63. The summed E-state index contributed by atoms with van der Waals surface area (Å²) in [6.07, 6.45) is -0.194. The smallest absolute Gasteiger partial charge is 0.335 e. The highest BCUT2D eigenvalue weighted by molar-refractivity contribution is 6.31. The van der Waals surface area contributed by atoms with Gasteiger partial charge in [0.1, 0.15) is 0 Å². The molecule has 7 heteroatoms. The molecule has 0 aliphatic carbocycles. The minimum absolute atomic E-state index is 0.0221. The Bertz CT molecular complexity index is 502. The molecule has 1 aromatic rings. The van der Waals surface area contributed by atoms with Crippen molar-refractivity contribution in [1.82, 2.24) is 0 Å². The van der Waals surface area contributed by atoms with Crippen LogP contribution < -0.4 is 5.73 Å². The van der Waals surface area contributed by atoms with Crippen LogP contribution in [0.15, 0.2) is 29.4 Å². The number of methoxy groups -OCH3 is 1. The zero-order valence-electron chi connectivity index (χ0n) is 10.3. The number of nitrogens with two attached hydrogens (primary N) is 1. The Morgan fingerprint density at radius 1 is 1.32 bits per heavy atom. The standard InChI is InChI=1S/C12H13ClN2O4/c1-18-10(16)5-6-11(17)19-15-12(14)8-3-2-4-9(13)7-8/h2-4,7H,5-6H2,1H3,(H2,14,15). The Morgan fingerprint density at radius 3 is 2.63 bits per heavy atom. The van der Waals surface area contributed by atoms with Crippen LogP contribution in [0.1, 0.15) is 18.4 Å². The molecule has 0 saturated heterocycles. The van der Waals surface area contributed by atoms with E-state index in [0.717, 1.165) is 0 Å². The maximum Gasteiger partial charge on any atom is 0.335 e. The number of rotatable bonds is 5. The van der Waals surface area contributed by atoms with E-state index in [9.17, 15) is 9.59 Å². The minimum atomic E-state index is -0.671. The third kappa shape index (κ3) is 5.39. The van der Waals surface area contributed by atoms with E-state index in [-0.39, 0.29) is 18.7 Å². The van der Waals surface area contributed by atoms with E-state index in [4.69, 9.17) is 17.3 Å². The van der Waals surface area contributed by atoms with Crippen LogP contribution in [0.5, 0.6) is 0 Å². The monoisotopic (exact) mass is 284 g/mol. The van der Waals surface area contributed by atoms with Crippen molar-refractivity contribution in [3.8, 4) is 0 Å². The lowest BCUT2D eigenvalue weighted by molar-refractivity contribution is -0.148. The van der Waals surface area contributed by atoms with Gasteiger partial charge in [0.2, 0.25) is 0 Å². The van der Waals surface area contributed by atoms with Crippen LogP contribution in [0.4, 0.5) is 0 Å². The van der Waals surface area contributed by atoms with Gasteiger partial charge in [0.15, 0.2) is 5.84 Å². The first-order valence-corrected chi connectivity index (χ1v) is 5.77. The van der Waals surface area contributed by atoms with Crippen molar-refractivity contribution >= 4 is 29.4 Å². The molecule has 2 N–H and O–H groups in total. The van der Waals surface area contributed by atoms with Gasteiger partial charge in [-0.25, -0.2) is 4.79 Å². The van der Waals surface area contributed by atoms with Crippen molar-refractivity contribution in [2.75, 3.05) is 7.11 Å². The summed E-state index contributed by atoms with van der Waals surface area (Å²) in [6.45, 7) is 0. The normalized spacial score (nSPS) is 10.9. The number of esters is 1. The Kier molecular flexibility index (Phi) is 5.81. The average Bonchev–Trinajstić information content (AvgIpc) is 2.41. The van der Waals surface area contributed by atoms with E-state index in [0.29, 0.717) is 10.6 Å². The molecule has 19 heavy (non-hydrogen) atoms. The topological polar surface area (TPSA) is 91.0 Å². The van der Waals surface area contributed by atoms with Gasteiger partial charge in [-0.15, -0.1) is 0 Å². The number of halogens is 1. The molecule has 0 atom stereocenters. The molecule has 1 rings (SSSR count). The van der Waals surface area contributed by atoms with Gasteiger partial charge in [0.25, 0.3) is 0 Å². The molecule has 0 saturated carbocycles. The van der Waals surface area contributed by atoms with E-state index >= 15 is 0 Å². The van der Waals surface area contributed by atoms with Gasteiger partial charge in [0.05, 0.1) is 20.0 Å². The minimum Gasteiger partial charge on any atom is -0.469 e. The van der Waals surface area contributed by atoms with Crippen LogP contribution in [-0.4, -0.2) is 24.9 Å². The van der Waals surface area contributed by atoms with Crippen LogP contribution in [0.25, 0.3) is 0 Å². The van der Waals surface area contributed by atoms with Gasteiger partial charge < -0.3 is 15.3 Å².